The first-order valence-electron chi connectivity index (χ1n) is 6.29. The van der Waals surface area contributed by atoms with Crippen molar-refractivity contribution in [3.8, 4) is 0 Å². The number of fused-ring (bicyclic) bond motifs is 1. The van der Waals surface area contributed by atoms with Gasteiger partial charge in [0.2, 0.25) is 5.91 Å². The van der Waals surface area contributed by atoms with Crippen LogP contribution < -0.4 is 5.32 Å². The van der Waals surface area contributed by atoms with Crippen molar-refractivity contribution in [3.63, 3.8) is 0 Å². The molecule has 2 N–H and O–H groups in total. The van der Waals surface area contributed by atoms with Gasteiger partial charge in [-0.25, -0.2) is 0 Å². The number of anilines is 1. The second-order valence-electron chi connectivity index (χ2n) is 4.88. The van der Waals surface area contributed by atoms with Crippen LogP contribution in [0, 0.1) is 6.92 Å². The lowest BCUT2D eigenvalue weighted by molar-refractivity contribution is -0.116. The van der Waals surface area contributed by atoms with Crippen LogP contribution in [0.3, 0.4) is 0 Å². The van der Waals surface area contributed by atoms with E-state index in [4.69, 9.17) is 11.6 Å². The summed E-state index contributed by atoms with van der Waals surface area (Å²) < 4.78 is 0. The first-order valence-corrected chi connectivity index (χ1v) is 6.67. The third-order valence-corrected chi connectivity index (χ3v) is 4.09. The highest BCUT2D eigenvalue weighted by atomic mass is 35.5. The quantitative estimate of drug-likeness (QED) is 0.880. The minimum absolute atomic E-state index is 0.00806. The van der Waals surface area contributed by atoms with Gasteiger partial charge in [0.1, 0.15) is 0 Å². The summed E-state index contributed by atoms with van der Waals surface area (Å²) in [6, 6.07) is 1.87. The number of halogens is 1. The van der Waals surface area contributed by atoms with Crippen molar-refractivity contribution >= 4 is 23.2 Å². The fourth-order valence-corrected chi connectivity index (χ4v) is 2.67. The summed E-state index contributed by atoms with van der Waals surface area (Å²) in [6.45, 7) is 5.76. The number of benzene rings is 1. The third kappa shape index (κ3) is 2.02. The van der Waals surface area contributed by atoms with E-state index in [-0.39, 0.29) is 11.8 Å². The number of hydrogen-bond acceptors (Lipinski definition) is 2. The van der Waals surface area contributed by atoms with Crippen LogP contribution in [0.2, 0.25) is 5.02 Å². The van der Waals surface area contributed by atoms with Crippen molar-refractivity contribution in [3.05, 3.63) is 27.8 Å². The van der Waals surface area contributed by atoms with Gasteiger partial charge in [-0.1, -0.05) is 24.9 Å². The molecule has 0 aromatic heterocycles. The number of carbonyl (C=O) groups excluding carboxylic acids is 1. The van der Waals surface area contributed by atoms with E-state index in [2.05, 4.69) is 5.32 Å². The molecule has 2 atom stereocenters. The molecular formula is C14H18ClNO2. The maximum Gasteiger partial charge on any atom is 0.231 e. The van der Waals surface area contributed by atoms with Gasteiger partial charge in [-0.15, -0.1) is 0 Å². The molecule has 1 aliphatic rings. The van der Waals surface area contributed by atoms with Gasteiger partial charge in [-0.3, -0.25) is 4.79 Å². The molecule has 0 bridgehead atoms. The molecule has 1 heterocycles. The van der Waals surface area contributed by atoms with Crippen LogP contribution in [-0.2, 0) is 4.79 Å². The normalized spacial score (nSPS) is 19.6. The second-order valence-corrected chi connectivity index (χ2v) is 5.26. The minimum Gasteiger partial charge on any atom is -0.388 e. The highest BCUT2D eigenvalue weighted by molar-refractivity contribution is 6.33. The zero-order chi connectivity index (χ0) is 13.4. The lowest BCUT2D eigenvalue weighted by atomic mass is 9.94. The van der Waals surface area contributed by atoms with Crippen LogP contribution in [0.4, 0.5) is 5.69 Å². The SMILES string of the molecule is CCCC(O)c1cc2c(c(C)c1Cl)NC(=O)C2C. The number of rotatable bonds is 3. The molecule has 1 amide bonds. The molecule has 2 unspecified atom stereocenters. The molecule has 3 nitrogen and oxygen atoms in total. The zero-order valence-corrected chi connectivity index (χ0v) is 11.6. The fourth-order valence-electron chi connectivity index (χ4n) is 2.40. The zero-order valence-electron chi connectivity index (χ0n) is 10.9. The predicted molar refractivity (Wildman–Crippen MR) is 73.1 cm³/mol. The van der Waals surface area contributed by atoms with E-state index in [1.54, 1.807) is 0 Å². The van der Waals surface area contributed by atoms with Crippen LogP contribution in [0.1, 0.15) is 55.4 Å². The van der Waals surface area contributed by atoms with Crippen LogP contribution in [0.25, 0.3) is 0 Å². The molecule has 1 aliphatic heterocycles. The van der Waals surface area contributed by atoms with Crippen molar-refractivity contribution in [2.24, 2.45) is 0 Å². The number of aliphatic hydroxyl groups excluding tert-OH is 1. The van der Waals surface area contributed by atoms with E-state index in [0.717, 1.165) is 28.8 Å². The van der Waals surface area contributed by atoms with Crippen LogP contribution in [0.15, 0.2) is 6.07 Å². The Labute approximate surface area is 112 Å². The molecule has 1 aromatic carbocycles. The van der Waals surface area contributed by atoms with E-state index in [9.17, 15) is 9.90 Å². The van der Waals surface area contributed by atoms with Gasteiger partial charge in [0, 0.05) is 5.69 Å². The summed E-state index contributed by atoms with van der Waals surface area (Å²) in [7, 11) is 0. The smallest absolute Gasteiger partial charge is 0.231 e. The van der Waals surface area contributed by atoms with Crippen molar-refractivity contribution in [1.82, 2.24) is 0 Å². The van der Waals surface area contributed by atoms with Gasteiger partial charge in [0.15, 0.2) is 0 Å². The lowest BCUT2D eigenvalue weighted by Crippen LogP contribution is -2.08. The summed E-state index contributed by atoms with van der Waals surface area (Å²) in [5.41, 5.74) is 3.33. The Morgan fingerprint density at radius 2 is 2.22 bits per heavy atom. The van der Waals surface area contributed by atoms with Gasteiger partial charge in [-0.05, 0) is 43.0 Å². The summed E-state index contributed by atoms with van der Waals surface area (Å²) in [6.07, 6.45) is 1.00. The molecule has 0 spiro atoms. The maximum atomic E-state index is 11.7. The number of hydrogen-bond donors (Lipinski definition) is 2. The van der Waals surface area contributed by atoms with E-state index < -0.39 is 6.10 Å². The molecule has 1 aromatic rings. The predicted octanol–water partition coefficient (Wildman–Crippen LogP) is 3.54. The van der Waals surface area contributed by atoms with Crippen molar-refractivity contribution < 1.29 is 9.90 Å². The number of aliphatic hydroxyl groups is 1. The topological polar surface area (TPSA) is 49.3 Å². The Morgan fingerprint density at radius 1 is 1.56 bits per heavy atom. The van der Waals surface area contributed by atoms with Gasteiger partial charge < -0.3 is 10.4 Å². The molecular weight excluding hydrogens is 250 g/mol. The largest absolute Gasteiger partial charge is 0.388 e. The summed E-state index contributed by atoms with van der Waals surface area (Å²) in [5, 5.41) is 13.5. The molecule has 0 saturated heterocycles. The summed E-state index contributed by atoms with van der Waals surface area (Å²) in [5.74, 6) is -0.185. The molecule has 0 aliphatic carbocycles. The highest BCUT2D eigenvalue weighted by Crippen LogP contribution is 2.42. The fraction of sp³-hybridized carbons (Fsp3) is 0.500. The molecule has 98 valence electrons. The number of carbonyl (C=O) groups is 1. The monoisotopic (exact) mass is 267 g/mol. The minimum atomic E-state index is -0.561. The highest BCUT2D eigenvalue weighted by Gasteiger charge is 2.30. The van der Waals surface area contributed by atoms with E-state index in [1.807, 2.05) is 26.8 Å². The molecule has 18 heavy (non-hydrogen) atoms. The standard InChI is InChI=1S/C14H18ClNO2/c1-4-5-11(17)10-6-9-7(2)14(18)16-13(9)8(3)12(10)15/h6-7,11,17H,4-5H2,1-3H3,(H,16,18). The second kappa shape index (κ2) is 4.90. The van der Waals surface area contributed by atoms with Crippen molar-refractivity contribution in [2.75, 3.05) is 5.32 Å². The summed E-state index contributed by atoms with van der Waals surface area (Å²) >= 11 is 6.29. The lowest BCUT2D eigenvalue weighted by Gasteiger charge is -2.16. The van der Waals surface area contributed by atoms with Gasteiger partial charge >= 0.3 is 0 Å². The first kappa shape index (κ1) is 13.4. The molecule has 2 rings (SSSR count). The average molecular weight is 268 g/mol. The van der Waals surface area contributed by atoms with Crippen molar-refractivity contribution in [1.29, 1.82) is 0 Å². The Hall–Kier alpha value is -1.06. The number of nitrogens with one attached hydrogen (secondary N) is 1. The van der Waals surface area contributed by atoms with Crippen LogP contribution >= 0.6 is 11.6 Å². The van der Waals surface area contributed by atoms with Gasteiger partial charge in [0.25, 0.3) is 0 Å². The Morgan fingerprint density at radius 3 is 2.83 bits per heavy atom. The first-order chi connectivity index (χ1) is 8.47. The molecule has 4 heteroatoms. The van der Waals surface area contributed by atoms with Crippen molar-refractivity contribution in [2.45, 2.75) is 45.6 Å². The Balaban J connectivity index is 2.52. The van der Waals surface area contributed by atoms with Gasteiger partial charge in [-0.2, -0.15) is 0 Å². The van der Waals surface area contributed by atoms with E-state index in [0.29, 0.717) is 11.4 Å². The Kier molecular flexibility index (Phi) is 3.64. The Bertz CT molecular complexity index is 499. The van der Waals surface area contributed by atoms with Gasteiger partial charge in [0.05, 0.1) is 17.0 Å². The van der Waals surface area contributed by atoms with E-state index >= 15 is 0 Å². The summed E-state index contributed by atoms with van der Waals surface area (Å²) in [4.78, 5) is 11.7. The van der Waals surface area contributed by atoms with E-state index in [1.165, 1.54) is 0 Å². The third-order valence-electron chi connectivity index (χ3n) is 3.59. The number of amides is 1. The molecule has 0 fully saturated rings. The molecule has 0 radical (unpaired) electrons. The molecule has 0 saturated carbocycles. The maximum absolute atomic E-state index is 11.7. The van der Waals surface area contributed by atoms with Crippen LogP contribution in [0.5, 0.6) is 0 Å². The van der Waals surface area contributed by atoms with Crippen LogP contribution in [-0.4, -0.2) is 11.0 Å². The average Bonchev–Trinajstić information content (AvgIpc) is 2.61.